The maximum Gasteiger partial charge on any atom is 0.273 e. The van der Waals surface area contributed by atoms with Crippen molar-refractivity contribution in [2.24, 2.45) is 0 Å². The largest absolute Gasteiger partial charge is 0.444 e. The van der Waals surface area contributed by atoms with E-state index in [0.717, 1.165) is 30.2 Å². The highest BCUT2D eigenvalue weighted by molar-refractivity contribution is 7.92. The third-order valence-electron chi connectivity index (χ3n) is 4.36. The number of hydrogen-bond acceptors (Lipinski definition) is 5. The zero-order valence-electron chi connectivity index (χ0n) is 16.7. The molecule has 3 aromatic rings. The Hall–Kier alpha value is -2.98. The zero-order chi connectivity index (χ0) is 22.9. The molecule has 11 heteroatoms. The van der Waals surface area contributed by atoms with Crippen LogP contribution in [0.15, 0.2) is 41.0 Å². The molecule has 1 aromatic heterocycles. The smallest absolute Gasteiger partial charge is 0.273 e. The number of rotatable bonds is 6. The molecule has 0 spiro atoms. The summed E-state index contributed by atoms with van der Waals surface area (Å²) in [6.45, 7) is 3.33. The number of benzene rings is 2. The number of halogens is 3. The molecule has 3 rings (SSSR count). The molecule has 2 N–H and O–H groups in total. The van der Waals surface area contributed by atoms with Crippen LogP contribution in [-0.2, 0) is 10.0 Å². The Kier molecular flexibility index (Phi) is 6.33. The van der Waals surface area contributed by atoms with Gasteiger partial charge in [-0.1, -0.05) is 23.7 Å². The quantitative estimate of drug-likeness (QED) is 0.555. The molecule has 31 heavy (non-hydrogen) atoms. The average molecular weight is 470 g/mol. The van der Waals surface area contributed by atoms with Crippen molar-refractivity contribution in [2.45, 2.75) is 19.9 Å². The van der Waals surface area contributed by atoms with Crippen molar-refractivity contribution in [1.29, 1.82) is 0 Å². The lowest BCUT2D eigenvalue weighted by Crippen LogP contribution is -2.27. The van der Waals surface area contributed by atoms with Crippen molar-refractivity contribution in [1.82, 2.24) is 10.3 Å². The van der Waals surface area contributed by atoms with Crippen molar-refractivity contribution in [3.8, 4) is 11.5 Å². The summed E-state index contributed by atoms with van der Waals surface area (Å²) in [5.41, 5.74) is 0.589. The second kappa shape index (κ2) is 8.64. The Labute approximate surface area is 182 Å². The van der Waals surface area contributed by atoms with Crippen molar-refractivity contribution < 1.29 is 26.4 Å². The summed E-state index contributed by atoms with van der Waals surface area (Å²) in [6, 6.07) is 6.34. The van der Waals surface area contributed by atoms with Crippen LogP contribution in [-0.4, -0.2) is 25.6 Å². The summed E-state index contributed by atoms with van der Waals surface area (Å²) in [4.78, 5) is 16.6. The van der Waals surface area contributed by atoms with E-state index in [-0.39, 0.29) is 17.1 Å². The second-order valence-corrected chi connectivity index (χ2v) is 9.03. The van der Waals surface area contributed by atoms with Gasteiger partial charge in [0.25, 0.3) is 5.91 Å². The topological polar surface area (TPSA) is 101 Å². The highest BCUT2D eigenvalue weighted by atomic mass is 35.5. The first-order valence-corrected chi connectivity index (χ1v) is 11.2. The summed E-state index contributed by atoms with van der Waals surface area (Å²) >= 11 is 6.25. The molecule has 7 nitrogen and oxygen atoms in total. The number of sulfonamides is 1. The molecule has 0 aliphatic carbocycles. The van der Waals surface area contributed by atoms with E-state index >= 15 is 0 Å². The van der Waals surface area contributed by atoms with Gasteiger partial charge in [0.15, 0.2) is 17.3 Å². The lowest BCUT2D eigenvalue weighted by Gasteiger charge is -2.15. The van der Waals surface area contributed by atoms with Gasteiger partial charge in [-0.15, -0.1) is 0 Å². The summed E-state index contributed by atoms with van der Waals surface area (Å²) < 4.78 is 58.0. The summed E-state index contributed by atoms with van der Waals surface area (Å²) in [7, 11) is -3.86. The number of aryl methyl sites for hydroxylation is 1. The molecule has 0 aliphatic rings. The number of hydrogen-bond donors (Lipinski definition) is 2. The Morgan fingerprint density at radius 1 is 1.23 bits per heavy atom. The Morgan fingerprint density at radius 3 is 2.48 bits per heavy atom. The van der Waals surface area contributed by atoms with Crippen molar-refractivity contribution in [3.63, 3.8) is 0 Å². The fourth-order valence-electron chi connectivity index (χ4n) is 2.79. The lowest BCUT2D eigenvalue weighted by atomic mass is 10.1. The van der Waals surface area contributed by atoms with E-state index in [1.165, 1.54) is 6.92 Å². The number of anilines is 1. The molecule has 0 saturated carbocycles. The van der Waals surface area contributed by atoms with Crippen molar-refractivity contribution >= 4 is 33.2 Å². The number of aromatic nitrogens is 1. The summed E-state index contributed by atoms with van der Waals surface area (Å²) in [5, 5.41) is 3.00. The lowest BCUT2D eigenvalue weighted by molar-refractivity contribution is 0.0934. The first kappa shape index (κ1) is 22.7. The Bertz CT molecular complexity index is 1240. The first-order chi connectivity index (χ1) is 14.5. The molecule has 0 saturated heterocycles. The maximum absolute atomic E-state index is 14.2. The van der Waals surface area contributed by atoms with Crippen LogP contribution in [0.4, 0.5) is 14.5 Å². The molecule has 0 radical (unpaired) electrons. The van der Waals surface area contributed by atoms with Crippen LogP contribution in [0.25, 0.3) is 11.5 Å². The van der Waals surface area contributed by atoms with Gasteiger partial charge in [-0.05, 0) is 43.2 Å². The fourth-order valence-corrected chi connectivity index (χ4v) is 3.57. The molecule has 0 bridgehead atoms. The Balaban J connectivity index is 1.78. The van der Waals surface area contributed by atoms with Gasteiger partial charge in [-0.25, -0.2) is 22.2 Å². The van der Waals surface area contributed by atoms with E-state index in [4.69, 9.17) is 16.0 Å². The predicted octanol–water partition coefficient (Wildman–Crippen LogP) is 4.44. The molecular weight excluding hydrogens is 452 g/mol. The van der Waals surface area contributed by atoms with Gasteiger partial charge < -0.3 is 9.73 Å². The van der Waals surface area contributed by atoms with Gasteiger partial charge in [0.05, 0.1) is 22.9 Å². The van der Waals surface area contributed by atoms with E-state index in [1.807, 2.05) is 13.0 Å². The van der Waals surface area contributed by atoms with Gasteiger partial charge in [-0.2, -0.15) is 0 Å². The number of nitrogens with zero attached hydrogens (tertiary/aromatic N) is 1. The second-order valence-electron chi connectivity index (χ2n) is 6.90. The van der Waals surface area contributed by atoms with E-state index in [2.05, 4.69) is 10.3 Å². The molecule has 164 valence electrons. The minimum absolute atomic E-state index is 0.0456. The van der Waals surface area contributed by atoms with E-state index in [0.29, 0.717) is 10.6 Å². The monoisotopic (exact) mass is 469 g/mol. The highest BCUT2D eigenvalue weighted by Crippen LogP contribution is 2.30. The van der Waals surface area contributed by atoms with Crippen molar-refractivity contribution in [2.75, 3.05) is 11.0 Å². The number of carbonyl (C=O) groups excluding carboxylic acids is 1. The van der Waals surface area contributed by atoms with E-state index < -0.39 is 39.3 Å². The zero-order valence-corrected chi connectivity index (χ0v) is 18.2. The maximum atomic E-state index is 14.2. The van der Waals surface area contributed by atoms with Crippen molar-refractivity contribution in [3.05, 3.63) is 70.1 Å². The van der Waals surface area contributed by atoms with Gasteiger partial charge in [0.2, 0.25) is 15.9 Å². The number of oxazole rings is 1. The third-order valence-corrected chi connectivity index (χ3v) is 5.44. The normalized spacial score (nSPS) is 12.5. The van der Waals surface area contributed by atoms with Crippen LogP contribution in [0.2, 0.25) is 5.02 Å². The van der Waals surface area contributed by atoms with Gasteiger partial charge >= 0.3 is 0 Å². The highest BCUT2D eigenvalue weighted by Gasteiger charge is 2.21. The molecular formula is C20H18ClF2N3O4S. The third kappa shape index (κ3) is 5.20. The van der Waals surface area contributed by atoms with Crippen LogP contribution in [0.5, 0.6) is 0 Å². The van der Waals surface area contributed by atoms with Crippen LogP contribution in [0.3, 0.4) is 0 Å². The molecule has 0 fully saturated rings. The van der Waals surface area contributed by atoms with Crippen LogP contribution in [0.1, 0.15) is 34.6 Å². The van der Waals surface area contributed by atoms with E-state index in [1.54, 1.807) is 16.9 Å². The van der Waals surface area contributed by atoms with Gasteiger partial charge in [0.1, 0.15) is 12.0 Å². The van der Waals surface area contributed by atoms with Gasteiger partial charge in [-0.3, -0.25) is 9.52 Å². The first-order valence-electron chi connectivity index (χ1n) is 8.95. The van der Waals surface area contributed by atoms with Crippen LogP contribution < -0.4 is 10.0 Å². The molecule has 2 aromatic carbocycles. The molecule has 0 aliphatic heterocycles. The number of amides is 1. The predicted molar refractivity (Wildman–Crippen MR) is 112 cm³/mol. The fraction of sp³-hybridized carbons (Fsp3) is 0.200. The number of nitrogens with one attached hydrogen (secondary N) is 2. The minimum Gasteiger partial charge on any atom is -0.444 e. The van der Waals surface area contributed by atoms with Crippen LogP contribution >= 0.6 is 11.6 Å². The SMILES string of the molecule is Cc1cccc(-c2nc(C(=O)N[C@H](C)c3cc(F)c(NS(C)(=O)=O)c(F)c3)co2)c1Cl. The summed E-state index contributed by atoms with van der Waals surface area (Å²) in [5.74, 6) is -2.70. The summed E-state index contributed by atoms with van der Waals surface area (Å²) in [6.07, 6.45) is 1.93. The van der Waals surface area contributed by atoms with Crippen LogP contribution in [0, 0.1) is 18.6 Å². The number of carbonyl (C=O) groups is 1. The minimum atomic E-state index is -3.86. The van der Waals surface area contributed by atoms with Gasteiger partial charge in [0, 0.05) is 0 Å². The van der Waals surface area contributed by atoms with E-state index in [9.17, 15) is 22.0 Å². The Morgan fingerprint density at radius 2 is 1.87 bits per heavy atom. The standard InChI is InChI=1S/C20H18ClF2N3O4S/c1-10-5-4-6-13(17(10)21)20-25-16(9-30-20)19(27)24-11(2)12-7-14(22)18(15(23)8-12)26-31(3,28)29/h4-9,11,26H,1-3H3,(H,24,27)/t11-/m1/s1. The molecule has 1 heterocycles. The average Bonchev–Trinajstić information content (AvgIpc) is 3.16. The molecule has 1 atom stereocenters. The molecule has 0 unspecified atom stereocenters. The molecule has 1 amide bonds.